The topological polar surface area (TPSA) is 80.6 Å². The van der Waals surface area contributed by atoms with Crippen LogP contribution in [-0.4, -0.2) is 58.1 Å². The van der Waals surface area contributed by atoms with Crippen molar-refractivity contribution in [1.29, 1.82) is 0 Å². The van der Waals surface area contributed by atoms with Crippen molar-refractivity contribution in [2.45, 2.75) is 20.4 Å². The smallest absolute Gasteiger partial charge is 0.295 e. The number of aryl methyl sites for hydroxylation is 1. The fraction of sp³-hybridized carbons (Fsp3) is 0.286. The Bertz CT molecular complexity index is 1420. The summed E-state index contributed by atoms with van der Waals surface area (Å²) in [6.07, 6.45) is 1.68. The zero-order chi connectivity index (χ0) is 25.1. The van der Waals surface area contributed by atoms with Gasteiger partial charge in [-0.1, -0.05) is 29.8 Å². The third-order valence-corrected chi connectivity index (χ3v) is 6.42. The molecule has 8 heteroatoms. The summed E-state index contributed by atoms with van der Waals surface area (Å²) >= 11 is 0. The van der Waals surface area contributed by atoms with Crippen LogP contribution < -0.4 is 15.2 Å². The van der Waals surface area contributed by atoms with Crippen LogP contribution >= 0.6 is 0 Å². The van der Waals surface area contributed by atoms with E-state index in [9.17, 15) is 9.59 Å². The third-order valence-electron chi connectivity index (χ3n) is 6.42. The second-order valence-electron chi connectivity index (χ2n) is 8.90. The van der Waals surface area contributed by atoms with Gasteiger partial charge in [-0.25, -0.2) is 9.97 Å². The zero-order valence-corrected chi connectivity index (χ0v) is 20.6. The molecule has 1 amide bonds. The third kappa shape index (κ3) is 4.79. The highest BCUT2D eigenvalue weighted by Crippen LogP contribution is 2.18. The molecule has 36 heavy (non-hydrogen) atoms. The second-order valence-corrected chi connectivity index (χ2v) is 8.90. The molecule has 0 radical (unpaired) electrons. The van der Waals surface area contributed by atoms with E-state index in [1.54, 1.807) is 22.9 Å². The summed E-state index contributed by atoms with van der Waals surface area (Å²) in [5.74, 6) is 1.12. The predicted molar refractivity (Wildman–Crippen MR) is 140 cm³/mol. The van der Waals surface area contributed by atoms with E-state index in [-0.39, 0.29) is 11.5 Å². The van der Waals surface area contributed by atoms with Crippen LogP contribution in [0.3, 0.4) is 0 Å². The molecule has 2 aromatic heterocycles. The first-order chi connectivity index (χ1) is 17.5. The summed E-state index contributed by atoms with van der Waals surface area (Å²) in [4.78, 5) is 39.5. The summed E-state index contributed by atoms with van der Waals surface area (Å²) in [7, 11) is 0. The average Bonchev–Trinajstić information content (AvgIpc) is 2.91. The number of carbonyl (C=O) groups is 1. The summed E-state index contributed by atoms with van der Waals surface area (Å²) in [5.41, 5.74) is 3.89. The van der Waals surface area contributed by atoms with Crippen LogP contribution in [0.4, 0.5) is 5.82 Å². The summed E-state index contributed by atoms with van der Waals surface area (Å²) in [5, 5.41) is 0. The number of aromatic nitrogens is 3. The molecule has 5 rings (SSSR count). The van der Waals surface area contributed by atoms with Gasteiger partial charge in [-0.3, -0.25) is 14.2 Å². The fourth-order valence-corrected chi connectivity index (χ4v) is 4.46. The molecular formula is C28H29N5O3. The van der Waals surface area contributed by atoms with Crippen LogP contribution in [0, 0.1) is 6.92 Å². The van der Waals surface area contributed by atoms with Crippen molar-refractivity contribution in [3.63, 3.8) is 0 Å². The van der Waals surface area contributed by atoms with E-state index < -0.39 is 0 Å². The Labute approximate surface area is 209 Å². The molecule has 0 unspecified atom stereocenters. The van der Waals surface area contributed by atoms with E-state index in [1.165, 1.54) is 5.56 Å². The number of piperazine rings is 1. The molecule has 8 nitrogen and oxygen atoms in total. The maximum absolute atomic E-state index is 13.6. The van der Waals surface area contributed by atoms with Gasteiger partial charge < -0.3 is 14.5 Å². The number of hydrogen-bond acceptors (Lipinski definition) is 6. The molecule has 3 heterocycles. The van der Waals surface area contributed by atoms with Gasteiger partial charge in [0.05, 0.1) is 13.2 Å². The van der Waals surface area contributed by atoms with Crippen molar-refractivity contribution in [1.82, 2.24) is 19.4 Å². The Hall–Kier alpha value is -4.20. The maximum atomic E-state index is 13.6. The SMILES string of the molecule is CCOc1ccc(C(=O)N2CCN(c3nc4cccnc4n(Cc4ccc(C)cc4)c3=O)CC2)cc1. The maximum Gasteiger partial charge on any atom is 0.295 e. The van der Waals surface area contributed by atoms with Crippen molar-refractivity contribution in [3.05, 3.63) is 93.9 Å². The molecule has 184 valence electrons. The average molecular weight is 484 g/mol. The van der Waals surface area contributed by atoms with E-state index in [1.807, 2.05) is 72.2 Å². The lowest BCUT2D eigenvalue weighted by Gasteiger charge is -2.35. The molecule has 0 aliphatic carbocycles. The molecular weight excluding hydrogens is 454 g/mol. The number of rotatable bonds is 6. The summed E-state index contributed by atoms with van der Waals surface area (Å²) in [6.45, 7) is 7.04. The molecule has 0 spiro atoms. The highest BCUT2D eigenvalue weighted by molar-refractivity contribution is 5.94. The second kappa shape index (κ2) is 10.2. The van der Waals surface area contributed by atoms with E-state index in [2.05, 4.69) is 9.97 Å². The van der Waals surface area contributed by atoms with Crippen molar-refractivity contribution >= 4 is 22.9 Å². The summed E-state index contributed by atoms with van der Waals surface area (Å²) in [6, 6.07) is 19.1. The minimum atomic E-state index is -0.173. The molecule has 0 bridgehead atoms. The van der Waals surface area contributed by atoms with E-state index in [0.29, 0.717) is 61.9 Å². The minimum absolute atomic E-state index is 0.0230. The fourth-order valence-electron chi connectivity index (χ4n) is 4.46. The number of carbonyl (C=O) groups excluding carboxylic acids is 1. The quantitative estimate of drug-likeness (QED) is 0.418. The van der Waals surface area contributed by atoms with E-state index in [0.717, 1.165) is 11.3 Å². The molecule has 1 aliphatic rings. The van der Waals surface area contributed by atoms with E-state index in [4.69, 9.17) is 4.74 Å². The highest BCUT2D eigenvalue weighted by Gasteiger charge is 2.25. The number of amides is 1. The predicted octanol–water partition coefficient (Wildman–Crippen LogP) is 3.51. The lowest BCUT2D eigenvalue weighted by molar-refractivity contribution is 0.0746. The molecule has 2 aromatic carbocycles. The Morgan fingerprint density at radius 1 is 0.972 bits per heavy atom. The zero-order valence-electron chi connectivity index (χ0n) is 20.6. The molecule has 4 aromatic rings. The van der Waals surface area contributed by atoms with Crippen LogP contribution in [0.2, 0.25) is 0 Å². The van der Waals surface area contributed by atoms with Crippen LogP contribution in [-0.2, 0) is 6.54 Å². The Balaban J connectivity index is 1.37. The van der Waals surface area contributed by atoms with Crippen molar-refractivity contribution in [3.8, 4) is 5.75 Å². The monoisotopic (exact) mass is 483 g/mol. The van der Waals surface area contributed by atoms with Crippen LogP contribution in [0.25, 0.3) is 11.2 Å². The number of pyridine rings is 1. The number of anilines is 1. The Morgan fingerprint density at radius 2 is 1.69 bits per heavy atom. The van der Waals surface area contributed by atoms with Gasteiger partial charge >= 0.3 is 0 Å². The molecule has 1 fully saturated rings. The lowest BCUT2D eigenvalue weighted by atomic mass is 10.1. The standard InChI is InChI=1S/C28H29N5O3/c1-3-36-23-12-10-22(11-13-23)27(34)32-17-15-31(16-18-32)26-28(35)33(19-21-8-6-20(2)7-9-21)25-24(30-26)5-4-14-29-25/h4-14H,3,15-19H2,1-2H3. The molecule has 0 saturated carbocycles. The highest BCUT2D eigenvalue weighted by atomic mass is 16.5. The van der Waals surface area contributed by atoms with Gasteiger partial charge in [0, 0.05) is 37.9 Å². The first-order valence-corrected chi connectivity index (χ1v) is 12.2. The first kappa shape index (κ1) is 23.5. The van der Waals surface area contributed by atoms with Crippen molar-refractivity contribution in [2.75, 3.05) is 37.7 Å². The van der Waals surface area contributed by atoms with Gasteiger partial charge in [0.15, 0.2) is 11.5 Å². The van der Waals surface area contributed by atoms with E-state index >= 15 is 0 Å². The van der Waals surface area contributed by atoms with Crippen LogP contribution in [0.5, 0.6) is 5.75 Å². The molecule has 0 atom stereocenters. The first-order valence-electron chi connectivity index (χ1n) is 12.2. The number of ether oxygens (including phenoxy) is 1. The summed E-state index contributed by atoms with van der Waals surface area (Å²) < 4.78 is 7.16. The lowest BCUT2D eigenvalue weighted by Crippen LogP contribution is -2.50. The molecule has 0 N–H and O–H groups in total. The number of benzene rings is 2. The van der Waals surface area contributed by atoms with Crippen LogP contribution in [0.15, 0.2) is 71.7 Å². The van der Waals surface area contributed by atoms with Crippen molar-refractivity contribution < 1.29 is 9.53 Å². The van der Waals surface area contributed by atoms with Gasteiger partial charge in [0.25, 0.3) is 11.5 Å². The van der Waals surface area contributed by atoms with Gasteiger partial charge in [-0.2, -0.15) is 0 Å². The largest absolute Gasteiger partial charge is 0.494 e. The number of hydrogen-bond donors (Lipinski definition) is 0. The number of fused-ring (bicyclic) bond motifs is 1. The minimum Gasteiger partial charge on any atom is -0.494 e. The van der Waals surface area contributed by atoms with Gasteiger partial charge in [-0.15, -0.1) is 0 Å². The van der Waals surface area contributed by atoms with Gasteiger partial charge in [0.2, 0.25) is 0 Å². The normalized spacial score (nSPS) is 13.7. The van der Waals surface area contributed by atoms with Gasteiger partial charge in [-0.05, 0) is 55.8 Å². The number of nitrogens with zero attached hydrogens (tertiary/aromatic N) is 5. The Kier molecular flexibility index (Phi) is 6.66. The van der Waals surface area contributed by atoms with Crippen molar-refractivity contribution in [2.24, 2.45) is 0 Å². The Morgan fingerprint density at radius 3 is 2.39 bits per heavy atom. The van der Waals surface area contributed by atoms with Crippen LogP contribution in [0.1, 0.15) is 28.4 Å². The van der Waals surface area contributed by atoms with Gasteiger partial charge in [0.1, 0.15) is 11.3 Å². The molecule has 1 aliphatic heterocycles. The molecule has 1 saturated heterocycles.